The van der Waals surface area contributed by atoms with Crippen molar-refractivity contribution in [3.63, 3.8) is 0 Å². The number of aryl methyl sites for hydroxylation is 1. The Kier molecular flexibility index (Phi) is 4.19. The van der Waals surface area contributed by atoms with Gasteiger partial charge >= 0.3 is 0 Å². The monoisotopic (exact) mass is 340 g/mol. The Labute approximate surface area is 145 Å². The number of hydrogen-bond acceptors (Lipinski definition) is 4. The van der Waals surface area contributed by atoms with Crippen molar-refractivity contribution in [2.45, 2.75) is 33.1 Å². The topological polar surface area (TPSA) is 74.7 Å². The normalized spacial score (nSPS) is 12.2. The highest BCUT2D eigenvalue weighted by Crippen LogP contribution is 2.22. The summed E-state index contributed by atoms with van der Waals surface area (Å²) in [4.78, 5) is 0. The first-order chi connectivity index (χ1) is 11.3. The van der Waals surface area contributed by atoms with Crippen molar-refractivity contribution in [3.8, 4) is 11.5 Å². The van der Waals surface area contributed by atoms with E-state index in [2.05, 4.69) is 58.4 Å². The van der Waals surface area contributed by atoms with Gasteiger partial charge in [0.2, 0.25) is 10.6 Å². The average molecular weight is 340 g/mol. The van der Waals surface area contributed by atoms with Crippen molar-refractivity contribution in [3.05, 3.63) is 51.9 Å². The van der Waals surface area contributed by atoms with Crippen LogP contribution in [0.5, 0.6) is 0 Å². The van der Waals surface area contributed by atoms with E-state index in [4.69, 9.17) is 12.2 Å². The highest BCUT2D eigenvalue weighted by atomic mass is 32.1. The second kappa shape index (κ2) is 6.16. The quantitative estimate of drug-likeness (QED) is 0.562. The molecule has 0 aliphatic heterocycles. The number of hydrogen-bond donors (Lipinski definition) is 2. The number of aromatic nitrogens is 5. The lowest BCUT2D eigenvalue weighted by molar-refractivity contribution is 0.590. The maximum absolute atomic E-state index is 5.26. The fraction of sp³-hybridized carbons (Fsp3) is 0.294. The highest BCUT2D eigenvalue weighted by molar-refractivity contribution is 7.71. The van der Waals surface area contributed by atoms with Crippen LogP contribution in [0.15, 0.2) is 35.4 Å². The van der Waals surface area contributed by atoms with Gasteiger partial charge in [0.15, 0.2) is 0 Å². The molecule has 0 unspecified atom stereocenters. The van der Waals surface area contributed by atoms with Gasteiger partial charge in [0.1, 0.15) is 5.69 Å². The van der Waals surface area contributed by atoms with E-state index in [0.717, 1.165) is 11.3 Å². The summed E-state index contributed by atoms with van der Waals surface area (Å²) in [5.74, 6) is 0.576. The van der Waals surface area contributed by atoms with Gasteiger partial charge in [-0.25, -0.2) is 5.10 Å². The van der Waals surface area contributed by atoms with E-state index in [1.165, 1.54) is 5.56 Å². The zero-order valence-corrected chi connectivity index (χ0v) is 15.0. The first-order valence-electron chi connectivity index (χ1n) is 7.69. The van der Waals surface area contributed by atoms with Crippen LogP contribution in [0.1, 0.15) is 37.6 Å². The molecule has 1 aromatic carbocycles. The molecular formula is C17H20N6S. The molecule has 0 saturated carbocycles. The largest absolute Gasteiger partial charge is 0.282 e. The Morgan fingerprint density at radius 1 is 1.12 bits per heavy atom. The van der Waals surface area contributed by atoms with Crippen molar-refractivity contribution >= 4 is 18.4 Å². The number of nitrogens with zero attached hydrogens (tertiary/aromatic N) is 4. The van der Waals surface area contributed by atoms with Gasteiger partial charge in [0.05, 0.1) is 6.21 Å². The van der Waals surface area contributed by atoms with E-state index in [1.54, 1.807) is 10.9 Å². The molecule has 0 saturated heterocycles. The third kappa shape index (κ3) is 3.35. The zero-order valence-electron chi connectivity index (χ0n) is 14.2. The summed E-state index contributed by atoms with van der Waals surface area (Å²) in [6.07, 6.45) is 1.76. The molecule has 2 N–H and O–H groups in total. The van der Waals surface area contributed by atoms with Gasteiger partial charge in [-0.2, -0.15) is 20.0 Å². The SMILES string of the molecule is Cc1cc(-c2n[nH]c(=S)n2N=Cc2ccc(C(C)(C)C)cc2)n[nH]1. The summed E-state index contributed by atoms with van der Waals surface area (Å²) in [5.41, 5.74) is 4.06. The molecule has 0 bridgehead atoms. The minimum absolute atomic E-state index is 0.133. The Hall–Kier alpha value is -2.54. The van der Waals surface area contributed by atoms with Gasteiger partial charge in [-0.1, -0.05) is 45.0 Å². The number of rotatable bonds is 3. The molecule has 3 aromatic rings. The molecule has 0 aliphatic carbocycles. The van der Waals surface area contributed by atoms with Crippen molar-refractivity contribution in [1.29, 1.82) is 0 Å². The molecule has 3 rings (SSSR count). The van der Waals surface area contributed by atoms with Crippen LogP contribution in [0, 0.1) is 11.7 Å². The van der Waals surface area contributed by atoms with E-state index in [9.17, 15) is 0 Å². The molecule has 24 heavy (non-hydrogen) atoms. The lowest BCUT2D eigenvalue weighted by Gasteiger charge is -2.18. The molecule has 124 valence electrons. The number of H-pyrrole nitrogens is 2. The van der Waals surface area contributed by atoms with Crippen molar-refractivity contribution in [2.75, 3.05) is 0 Å². The molecule has 2 aromatic heterocycles. The molecule has 0 atom stereocenters. The van der Waals surface area contributed by atoms with E-state index in [1.807, 2.05) is 25.1 Å². The molecule has 2 heterocycles. The third-order valence-electron chi connectivity index (χ3n) is 3.68. The number of benzene rings is 1. The lowest BCUT2D eigenvalue weighted by Crippen LogP contribution is -2.10. The van der Waals surface area contributed by atoms with Crippen LogP contribution in [-0.4, -0.2) is 31.3 Å². The van der Waals surface area contributed by atoms with Gasteiger partial charge in [0, 0.05) is 5.69 Å². The third-order valence-corrected chi connectivity index (χ3v) is 3.95. The Morgan fingerprint density at radius 3 is 2.42 bits per heavy atom. The smallest absolute Gasteiger partial charge is 0.216 e. The standard InChI is InChI=1S/C17H20N6S/c1-11-9-14(20-19-11)15-21-22-16(24)23(15)18-10-12-5-7-13(8-6-12)17(2,3)4/h5-10H,1-4H3,(H,19,20)(H,22,24). The van der Waals surface area contributed by atoms with Gasteiger partial charge in [-0.3, -0.25) is 5.10 Å². The molecule has 7 heteroatoms. The van der Waals surface area contributed by atoms with E-state index < -0.39 is 0 Å². The summed E-state index contributed by atoms with van der Waals surface area (Å²) in [6.45, 7) is 8.51. The minimum atomic E-state index is 0.133. The number of aromatic amines is 2. The first kappa shape index (κ1) is 16.3. The second-order valence-electron chi connectivity index (χ2n) is 6.72. The Bertz CT molecular complexity index is 921. The van der Waals surface area contributed by atoms with Crippen LogP contribution < -0.4 is 0 Å². The van der Waals surface area contributed by atoms with Gasteiger partial charge < -0.3 is 0 Å². The predicted octanol–water partition coefficient (Wildman–Crippen LogP) is 3.82. The summed E-state index contributed by atoms with van der Waals surface area (Å²) in [6, 6.07) is 10.2. The van der Waals surface area contributed by atoms with Gasteiger partial charge in [-0.15, -0.1) is 0 Å². The lowest BCUT2D eigenvalue weighted by atomic mass is 9.87. The Morgan fingerprint density at radius 2 is 1.83 bits per heavy atom. The maximum Gasteiger partial charge on any atom is 0.216 e. The van der Waals surface area contributed by atoms with E-state index in [-0.39, 0.29) is 5.41 Å². The summed E-state index contributed by atoms with van der Waals surface area (Å²) in [7, 11) is 0. The van der Waals surface area contributed by atoms with Crippen LogP contribution in [0.25, 0.3) is 11.5 Å². The maximum atomic E-state index is 5.26. The summed E-state index contributed by atoms with van der Waals surface area (Å²) >= 11 is 5.26. The molecule has 0 spiro atoms. The van der Waals surface area contributed by atoms with E-state index >= 15 is 0 Å². The van der Waals surface area contributed by atoms with Gasteiger partial charge in [-0.05, 0) is 41.7 Å². The molecule has 6 nitrogen and oxygen atoms in total. The molecule has 0 amide bonds. The zero-order chi connectivity index (χ0) is 17.3. The van der Waals surface area contributed by atoms with Crippen LogP contribution >= 0.6 is 12.2 Å². The van der Waals surface area contributed by atoms with Crippen molar-refractivity contribution in [2.24, 2.45) is 5.10 Å². The number of nitrogens with one attached hydrogen (secondary N) is 2. The first-order valence-corrected chi connectivity index (χ1v) is 8.10. The minimum Gasteiger partial charge on any atom is -0.282 e. The second-order valence-corrected chi connectivity index (χ2v) is 7.10. The van der Waals surface area contributed by atoms with Crippen LogP contribution in [-0.2, 0) is 5.41 Å². The van der Waals surface area contributed by atoms with Crippen molar-refractivity contribution < 1.29 is 0 Å². The van der Waals surface area contributed by atoms with Crippen LogP contribution in [0.4, 0.5) is 0 Å². The van der Waals surface area contributed by atoms with Crippen LogP contribution in [0.2, 0.25) is 0 Å². The molecular weight excluding hydrogens is 320 g/mol. The van der Waals surface area contributed by atoms with E-state index in [0.29, 0.717) is 16.3 Å². The molecule has 0 radical (unpaired) electrons. The molecule has 0 fully saturated rings. The summed E-state index contributed by atoms with van der Waals surface area (Å²) in [5, 5.41) is 18.5. The van der Waals surface area contributed by atoms with Crippen LogP contribution in [0.3, 0.4) is 0 Å². The fourth-order valence-corrected chi connectivity index (χ4v) is 2.47. The Balaban J connectivity index is 1.90. The van der Waals surface area contributed by atoms with Crippen molar-refractivity contribution in [1.82, 2.24) is 25.1 Å². The van der Waals surface area contributed by atoms with Gasteiger partial charge in [0.25, 0.3) is 0 Å². The fourth-order valence-electron chi connectivity index (χ4n) is 2.29. The molecule has 0 aliphatic rings. The summed E-state index contributed by atoms with van der Waals surface area (Å²) < 4.78 is 2.00. The predicted molar refractivity (Wildman–Crippen MR) is 97.9 cm³/mol. The highest BCUT2D eigenvalue weighted by Gasteiger charge is 2.13. The average Bonchev–Trinajstić information content (AvgIpc) is 3.11.